The van der Waals surface area contributed by atoms with Crippen molar-refractivity contribution >= 4 is 0 Å². The van der Waals surface area contributed by atoms with Crippen LogP contribution in [0.2, 0.25) is 0 Å². The summed E-state index contributed by atoms with van der Waals surface area (Å²) in [4.78, 5) is 3.77. The molecule has 0 spiro atoms. The molecule has 0 amide bonds. The number of aliphatic hydroxyl groups is 1. The predicted molar refractivity (Wildman–Crippen MR) is 68.9 cm³/mol. The third kappa shape index (κ3) is 2.41. The second-order valence-corrected chi connectivity index (χ2v) is 4.65. The van der Waals surface area contributed by atoms with Crippen molar-refractivity contribution in [2.24, 2.45) is 0 Å². The average Bonchev–Trinajstić information content (AvgIpc) is 2.27. The van der Waals surface area contributed by atoms with Crippen molar-refractivity contribution in [3.63, 3.8) is 0 Å². The van der Waals surface area contributed by atoms with Crippen LogP contribution in [0.1, 0.15) is 33.9 Å². The second-order valence-electron chi connectivity index (χ2n) is 4.65. The van der Waals surface area contributed by atoms with Crippen LogP contribution in [0.4, 0.5) is 4.39 Å². The van der Waals surface area contributed by atoms with Crippen molar-refractivity contribution in [3.05, 3.63) is 64.2 Å². The van der Waals surface area contributed by atoms with E-state index >= 15 is 0 Å². The molecule has 1 aromatic carbocycles. The van der Waals surface area contributed by atoms with Gasteiger partial charge in [-0.15, -0.1) is 0 Å². The van der Waals surface area contributed by atoms with Gasteiger partial charge in [0.1, 0.15) is 11.9 Å². The van der Waals surface area contributed by atoms with Gasteiger partial charge < -0.3 is 5.11 Å². The minimum atomic E-state index is -0.839. The highest BCUT2D eigenvalue weighted by Crippen LogP contribution is 2.28. The third-order valence-corrected chi connectivity index (χ3v) is 3.05. The highest BCUT2D eigenvalue weighted by atomic mass is 19.1. The second kappa shape index (κ2) is 4.86. The first-order chi connectivity index (χ1) is 8.49. The molecule has 18 heavy (non-hydrogen) atoms. The van der Waals surface area contributed by atoms with Crippen LogP contribution in [0, 0.1) is 26.6 Å². The van der Waals surface area contributed by atoms with Crippen LogP contribution in [-0.2, 0) is 0 Å². The topological polar surface area (TPSA) is 33.1 Å². The third-order valence-electron chi connectivity index (χ3n) is 3.05. The van der Waals surface area contributed by atoms with E-state index < -0.39 is 11.9 Å². The zero-order valence-electron chi connectivity index (χ0n) is 10.7. The zero-order chi connectivity index (χ0) is 13.3. The normalized spacial score (nSPS) is 12.5. The molecular formula is C15H16FNO. The van der Waals surface area contributed by atoms with Gasteiger partial charge in [0.15, 0.2) is 0 Å². The minimum Gasteiger partial charge on any atom is -0.384 e. The van der Waals surface area contributed by atoms with E-state index in [1.165, 1.54) is 12.3 Å². The summed E-state index contributed by atoms with van der Waals surface area (Å²) in [5, 5.41) is 10.4. The van der Waals surface area contributed by atoms with Gasteiger partial charge in [0.2, 0.25) is 0 Å². The van der Waals surface area contributed by atoms with E-state index in [2.05, 4.69) is 4.98 Å². The number of halogens is 1. The van der Waals surface area contributed by atoms with Crippen molar-refractivity contribution in [1.82, 2.24) is 4.98 Å². The molecule has 1 unspecified atom stereocenters. The largest absolute Gasteiger partial charge is 0.384 e. The lowest BCUT2D eigenvalue weighted by Crippen LogP contribution is -2.06. The van der Waals surface area contributed by atoms with Crippen LogP contribution in [0.3, 0.4) is 0 Å². The Hall–Kier alpha value is -1.74. The van der Waals surface area contributed by atoms with Crippen molar-refractivity contribution in [1.29, 1.82) is 0 Å². The van der Waals surface area contributed by atoms with Gasteiger partial charge in [-0.2, -0.15) is 0 Å². The van der Waals surface area contributed by atoms with Crippen molar-refractivity contribution in [2.75, 3.05) is 0 Å². The number of pyridine rings is 1. The maximum Gasteiger partial charge on any atom is 0.141 e. The Kier molecular flexibility index (Phi) is 3.43. The molecule has 1 aromatic heterocycles. The van der Waals surface area contributed by atoms with Crippen LogP contribution in [-0.4, -0.2) is 10.1 Å². The maximum atomic E-state index is 13.1. The summed E-state index contributed by atoms with van der Waals surface area (Å²) in [6.07, 6.45) is 1.78. The Labute approximate surface area is 106 Å². The van der Waals surface area contributed by atoms with Crippen LogP contribution >= 0.6 is 0 Å². The van der Waals surface area contributed by atoms with Crippen LogP contribution in [0.5, 0.6) is 0 Å². The van der Waals surface area contributed by atoms with Gasteiger partial charge in [0.05, 0.1) is 6.20 Å². The van der Waals surface area contributed by atoms with Crippen molar-refractivity contribution in [2.45, 2.75) is 26.9 Å². The molecule has 2 nitrogen and oxygen atoms in total. The van der Waals surface area contributed by atoms with Gasteiger partial charge in [-0.1, -0.05) is 17.7 Å². The molecule has 0 bridgehead atoms. The molecule has 0 radical (unpaired) electrons. The highest BCUT2D eigenvalue weighted by Gasteiger charge is 2.16. The lowest BCUT2D eigenvalue weighted by Gasteiger charge is -2.17. The first-order valence-electron chi connectivity index (χ1n) is 5.85. The highest BCUT2D eigenvalue weighted by molar-refractivity contribution is 5.42. The van der Waals surface area contributed by atoms with Crippen LogP contribution in [0.25, 0.3) is 0 Å². The summed E-state index contributed by atoms with van der Waals surface area (Å²) in [5.41, 5.74) is 4.46. The van der Waals surface area contributed by atoms with Gasteiger partial charge in [0.25, 0.3) is 0 Å². The summed E-state index contributed by atoms with van der Waals surface area (Å²) in [5.74, 6) is -0.436. The number of rotatable bonds is 2. The molecule has 0 saturated heterocycles. The van der Waals surface area contributed by atoms with E-state index in [9.17, 15) is 9.50 Å². The summed E-state index contributed by atoms with van der Waals surface area (Å²) in [7, 11) is 0. The summed E-state index contributed by atoms with van der Waals surface area (Å²) in [6, 6.07) is 5.34. The van der Waals surface area contributed by atoms with Crippen molar-refractivity contribution in [3.8, 4) is 0 Å². The van der Waals surface area contributed by atoms with E-state index in [4.69, 9.17) is 0 Å². The first-order valence-corrected chi connectivity index (χ1v) is 5.85. The number of benzene rings is 1. The van der Waals surface area contributed by atoms with Gasteiger partial charge in [-0.05, 0) is 43.5 Å². The molecule has 3 heteroatoms. The average molecular weight is 245 g/mol. The monoisotopic (exact) mass is 245 g/mol. The van der Waals surface area contributed by atoms with E-state index in [0.29, 0.717) is 5.56 Å². The molecular weight excluding hydrogens is 229 g/mol. The quantitative estimate of drug-likeness (QED) is 0.881. The zero-order valence-corrected chi connectivity index (χ0v) is 10.7. The molecule has 0 aliphatic carbocycles. The Balaban J connectivity index is 2.49. The number of nitrogens with zero attached hydrogens (tertiary/aromatic N) is 1. The molecule has 0 aliphatic rings. The molecule has 0 fully saturated rings. The summed E-state index contributed by atoms with van der Waals surface area (Å²) >= 11 is 0. The molecule has 0 saturated carbocycles. The Bertz CT molecular complexity index is 557. The molecule has 2 rings (SSSR count). The van der Waals surface area contributed by atoms with Crippen LogP contribution < -0.4 is 0 Å². The fourth-order valence-electron chi connectivity index (χ4n) is 2.37. The molecule has 1 atom stereocenters. The minimum absolute atomic E-state index is 0.436. The van der Waals surface area contributed by atoms with E-state index in [1.807, 2.05) is 32.9 Å². The standard InChI is InChI=1S/C15H16FNO/c1-9-4-10(2)14(11(3)5-9)15(18)12-6-13(16)8-17-7-12/h4-8,15,18H,1-3H3. The number of hydrogen-bond donors (Lipinski definition) is 1. The van der Waals surface area contributed by atoms with E-state index in [1.54, 1.807) is 0 Å². The number of aliphatic hydroxyl groups excluding tert-OH is 1. The summed E-state index contributed by atoms with van der Waals surface area (Å²) < 4.78 is 13.1. The van der Waals surface area contributed by atoms with Gasteiger partial charge in [0, 0.05) is 11.8 Å². The maximum absolute atomic E-state index is 13.1. The summed E-state index contributed by atoms with van der Waals surface area (Å²) in [6.45, 7) is 5.91. The van der Waals surface area contributed by atoms with Crippen molar-refractivity contribution < 1.29 is 9.50 Å². The number of hydrogen-bond acceptors (Lipinski definition) is 2. The number of aromatic nitrogens is 1. The fourth-order valence-corrected chi connectivity index (χ4v) is 2.37. The predicted octanol–water partition coefficient (Wildman–Crippen LogP) is 3.23. The van der Waals surface area contributed by atoms with Gasteiger partial charge in [-0.25, -0.2) is 4.39 Å². The number of aryl methyl sites for hydroxylation is 3. The van der Waals surface area contributed by atoms with Gasteiger partial charge in [-0.3, -0.25) is 4.98 Å². The molecule has 94 valence electrons. The SMILES string of the molecule is Cc1cc(C)c(C(O)c2cncc(F)c2)c(C)c1. The molecule has 0 aliphatic heterocycles. The Morgan fingerprint density at radius 1 is 1.06 bits per heavy atom. The van der Waals surface area contributed by atoms with E-state index in [0.717, 1.165) is 28.5 Å². The van der Waals surface area contributed by atoms with Crippen LogP contribution in [0.15, 0.2) is 30.6 Å². The lowest BCUT2D eigenvalue weighted by molar-refractivity contribution is 0.217. The molecule has 2 aromatic rings. The van der Waals surface area contributed by atoms with E-state index in [-0.39, 0.29) is 0 Å². The first kappa shape index (κ1) is 12.7. The lowest BCUT2D eigenvalue weighted by atomic mass is 9.92. The fraction of sp³-hybridized carbons (Fsp3) is 0.267. The van der Waals surface area contributed by atoms with Gasteiger partial charge >= 0.3 is 0 Å². The molecule has 1 heterocycles. The molecule has 1 N–H and O–H groups in total. The Morgan fingerprint density at radius 2 is 1.67 bits per heavy atom. The smallest absolute Gasteiger partial charge is 0.141 e. The Morgan fingerprint density at radius 3 is 2.22 bits per heavy atom.